The van der Waals surface area contributed by atoms with Crippen LogP contribution in [0.3, 0.4) is 0 Å². The van der Waals surface area contributed by atoms with Crippen LogP contribution in [0, 0.1) is 0 Å². The lowest BCUT2D eigenvalue weighted by atomic mass is 9.77. The molecule has 1 aliphatic carbocycles. The van der Waals surface area contributed by atoms with Gasteiger partial charge in [0.15, 0.2) is 0 Å². The number of rotatable bonds is 3. The molecule has 0 radical (unpaired) electrons. The number of nitrogens with zero attached hydrogens (tertiary/aromatic N) is 2. The number of hydrogen-bond acceptors (Lipinski definition) is 3. The highest BCUT2D eigenvalue weighted by Crippen LogP contribution is 2.40. The Morgan fingerprint density at radius 2 is 2.12 bits per heavy atom. The maximum atomic E-state index is 10.3. The Balaban J connectivity index is 1.96. The van der Waals surface area contributed by atoms with Crippen molar-refractivity contribution >= 4 is 0 Å². The smallest absolute Gasteiger partial charge is 0.125 e. The molecule has 0 saturated heterocycles. The minimum atomic E-state index is -0.675. The first-order valence-electron chi connectivity index (χ1n) is 5.99. The maximum Gasteiger partial charge on any atom is 0.125 e. The average Bonchev–Trinajstić information content (AvgIpc) is 2.80. The van der Waals surface area contributed by atoms with Crippen LogP contribution >= 0.6 is 0 Å². The van der Waals surface area contributed by atoms with E-state index in [1.807, 2.05) is 18.2 Å². The summed E-state index contributed by atoms with van der Waals surface area (Å²) in [5.74, 6) is 0.604. The first kappa shape index (κ1) is 10.5. The molecule has 0 spiro atoms. The number of H-pyrrole nitrogens is 1. The predicted molar refractivity (Wildman–Crippen MR) is 63.5 cm³/mol. The van der Waals surface area contributed by atoms with Crippen molar-refractivity contribution < 1.29 is 5.11 Å². The van der Waals surface area contributed by atoms with Crippen molar-refractivity contribution in [3.8, 4) is 0 Å². The zero-order valence-corrected chi connectivity index (χ0v) is 9.50. The third kappa shape index (κ3) is 1.85. The lowest BCUT2D eigenvalue weighted by molar-refractivity contribution is 0.212. The van der Waals surface area contributed by atoms with Gasteiger partial charge in [-0.15, -0.1) is 0 Å². The van der Waals surface area contributed by atoms with Gasteiger partial charge in [0.1, 0.15) is 11.8 Å². The fourth-order valence-electron chi connectivity index (χ4n) is 2.35. The molecule has 1 aromatic heterocycles. The molecule has 4 nitrogen and oxygen atoms in total. The first-order valence-corrected chi connectivity index (χ1v) is 5.99. The first-order chi connectivity index (χ1) is 8.36. The van der Waals surface area contributed by atoms with Gasteiger partial charge in [0.2, 0.25) is 0 Å². The highest BCUT2D eigenvalue weighted by atomic mass is 16.3. The quantitative estimate of drug-likeness (QED) is 0.847. The normalized spacial score (nSPS) is 17.7. The highest BCUT2D eigenvalue weighted by Gasteiger charge is 2.25. The van der Waals surface area contributed by atoms with Crippen molar-refractivity contribution in [3.63, 3.8) is 0 Å². The minimum absolute atomic E-state index is 0.580. The van der Waals surface area contributed by atoms with Crippen molar-refractivity contribution in [1.82, 2.24) is 15.4 Å². The minimum Gasteiger partial charge on any atom is -0.382 e. The standard InChI is InChI=1S/C13H15N3O/c17-13(12-8-14-16-15-12)11-7-2-1-6-10(11)9-4-3-5-9/h1-2,6-9,13,17H,3-5H2,(H,14,15,16). The van der Waals surface area contributed by atoms with Gasteiger partial charge in [0.25, 0.3) is 0 Å². The van der Waals surface area contributed by atoms with E-state index in [0.29, 0.717) is 11.6 Å². The van der Waals surface area contributed by atoms with Gasteiger partial charge >= 0.3 is 0 Å². The summed E-state index contributed by atoms with van der Waals surface area (Å²) in [4.78, 5) is 0. The Bertz CT molecular complexity index is 491. The summed E-state index contributed by atoms with van der Waals surface area (Å²) in [7, 11) is 0. The monoisotopic (exact) mass is 229 g/mol. The molecule has 0 bridgehead atoms. The fourth-order valence-corrected chi connectivity index (χ4v) is 2.35. The SMILES string of the molecule is OC(c1cn[nH]n1)c1ccccc1C1CCC1. The molecular weight excluding hydrogens is 214 g/mol. The van der Waals surface area contributed by atoms with E-state index in [1.54, 1.807) is 6.20 Å². The van der Waals surface area contributed by atoms with Crippen molar-refractivity contribution in [2.75, 3.05) is 0 Å². The van der Waals surface area contributed by atoms with Crippen molar-refractivity contribution in [3.05, 3.63) is 47.3 Å². The van der Waals surface area contributed by atoms with Gasteiger partial charge in [-0.1, -0.05) is 30.7 Å². The van der Waals surface area contributed by atoms with E-state index in [4.69, 9.17) is 0 Å². The number of nitrogens with one attached hydrogen (secondary N) is 1. The van der Waals surface area contributed by atoms with Gasteiger partial charge in [-0.05, 0) is 29.9 Å². The third-order valence-electron chi connectivity index (χ3n) is 3.55. The van der Waals surface area contributed by atoms with E-state index in [2.05, 4.69) is 21.5 Å². The van der Waals surface area contributed by atoms with Gasteiger partial charge < -0.3 is 5.11 Å². The van der Waals surface area contributed by atoms with Gasteiger partial charge in [-0.2, -0.15) is 15.4 Å². The van der Waals surface area contributed by atoms with E-state index in [0.717, 1.165) is 5.56 Å². The number of aliphatic hydroxyl groups excluding tert-OH is 1. The molecule has 1 aliphatic rings. The topological polar surface area (TPSA) is 61.8 Å². The molecule has 17 heavy (non-hydrogen) atoms. The van der Waals surface area contributed by atoms with E-state index >= 15 is 0 Å². The van der Waals surface area contributed by atoms with Crippen LogP contribution in [0.25, 0.3) is 0 Å². The molecule has 2 N–H and O–H groups in total. The number of aromatic nitrogens is 3. The van der Waals surface area contributed by atoms with Gasteiger partial charge in [-0.3, -0.25) is 0 Å². The van der Waals surface area contributed by atoms with Crippen LogP contribution in [0.5, 0.6) is 0 Å². The number of benzene rings is 1. The molecule has 88 valence electrons. The van der Waals surface area contributed by atoms with Gasteiger partial charge in [-0.25, -0.2) is 0 Å². The third-order valence-corrected chi connectivity index (χ3v) is 3.55. The largest absolute Gasteiger partial charge is 0.382 e. The molecule has 1 atom stereocenters. The Kier molecular flexibility index (Phi) is 2.65. The molecule has 0 amide bonds. The van der Waals surface area contributed by atoms with Crippen LogP contribution in [0.15, 0.2) is 30.5 Å². The second kappa shape index (κ2) is 4.30. The summed E-state index contributed by atoms with van der Waals surface area (Å²) in [6.07, 6.45) is 4.64. The van der Waals surface area contributed by atoms with Gasteiger partial charge in [0, 0.05) is 0 Å². The average molecular weight is 229 g/mol. The van der Waals surface area contributed by atoms with E-state index in [9.17, 15) is 5.11 Å². The van der Waals surface area contributed by atoms with Crippen molar-refractivity contribution in [2.24, 2.45) is 0 Å². The Hall–Kier alpha value is -1.68. The lowest BCUT2D eigenvalue weighted by Gasteiger charge is -2.28. The van der Waals surface area contributed by atoms with Crippen molar-refractivity contribution in [2.45, 2.75) is 31.3 Å². The Morgan fingerprint density at radius 3 is 2.76 bits per heavy atom. The second-order valence-corrected chi connectivity index (χ2v) is 4.55. The summed E-state index contributed by atoms with van der Waals surface area (Å²) in [5.41, 5.74) is 2.80. The van der Waals surface area contributed by atoms with E-state index in [-0.39, 0.29) is 0 Å². The predicted octanol–water partition coefficient (Wildman–Crippen LogP) is 2.15. The summed E-state index contributed by atoms with van der Waals surface area (Å²) >= 11 is 0. The number of aromatic amines is 1. The molecule has 1 heterocycles. The molecule has 1 unspecified atom stereocenters. The zero-order valence-electron chi connectivity index (χ0n) is 9.50. The Morgan fingerprint density at radius 1 is 1.29 bits per heavy atom. The molecule has 0 aliphatic heterocycles. The molecule has 1 saturated carbocycles. The van der Waals surface area contributed by atoms with Crippen LogP contribution in [0.4, 0.5) is 0 Å². The van der Waals surface area contributed by atoms with E-state index in [1.165, 1.54) is 24.8 Å². The van der Waals surface area contributed by atoms with Crippen LogP contribution in [0.2, 0.25) is 0 Å². The van der Waals surface area contributed by atoms with E-state index < -0.39 is 6.10 Å². The summed E-state index contributed by atoms with van der Waals surface area (Å²) in [5, 5.41) is 20.5. The molecule has 1 fully saturated rings. The lowest BCUT2D eigenvalue weighted by Crippen LogP contribution is -2.13. The number of aliphatic hydroxyl groups is 1. The summed E-state index contributed by atoms with van der Waals surface area (Å²) in [6.45, 7) is 0. The van der Waals surface area contributed by atoms with Crippen LogP contribution in [-0.2, 0) is 0 Å². The highest BCUT2D eigenvalue weighted by molar-refractivity contribution is 5.36. The number of hydrogen-bond donors (Lipinski definition) is 2. The fraction of sp³-hybridized carbons (Fsp3) is 0.385. The van der Waals surface area contributed by atoms with Crippen LogP contribution < -0.4 is 0 Å². The van der Waals surface area contributed by atoms with Crippen LogP contribution in [0.1, 0.15) is 48.1 Å². The van der Waals surface area contributed by atoms with Crippen molar-refractivity contribution in [1.29, 1.82) is 0 Å². The molecule has 2 aromatic rings. The maximum absolute atomic E-state index is 10.3. The molecule has 3 rings (SSSR count). The molecule has 1 aromatic carbocycles. The van der Waals surface area contributed by atoms with Crippen LogP contribution in [-0.4, -0.2) is 20.5 Å². The Labute approximate surface area is 99.7 Å². The molecule has 4 heteroatoms. The summed E-state index contributed by atoms with van der Waals surface area (Å²) < 4.78 is 0. The second-order valence-electron chi connectivity index (χ2n) is 4.55. The molecular formula is C13H15N3O. The summed E-state index contributed by atoms with van der Waals surface area (Å²) in [6, 6.07) is 8.09. The van der Waals surface area contributed by atoms with Gasteiger partial charge in [0.05, 0.1) is 6.20 Å². The zero-order chi connectivity index (χ0) is 11.7.